The minimum atomic E-state index is -4.53. The van der Waals surface area contributed by atoms with E-state index in [0.29, 0.717) is 5.56 Å². The molecule has 2 aromatic carbocycles. The molecule has 2 aromatic rings. The Morgan fingerprint density at radius 2 is 1.77 bits per heavy atom. The number of rotatable bonds is 4. The van der Waals surface area contributed by atoms with Gasteiger partial charge in [-0.05, 0) is 30.7 Å². The van der Waals surface area contributed by atoms with E-state index in [2.05, 4.69) is 0 Å². The standard InChI is InChI=1S/C16H13F3O3/c1-10-5-7-11(8-6-10)14(15(20)21)22-13-4-2-3-12(9-13)16(17,18)19/h2-9,14H,1H3,(H,20,21)/p-1/t14-/m0/s1. The van der Waals surface area contributed by atoms with Crippen molar-refractivity contribution in [1.29, 1.82) is 0 Å². The van der Waals surface area contributed by atoms with Crippen molar-refractivity contribution in [2.45, 2.75) is 19.2 Å². The summed E-state index contributed by atoms with van der Waals surface area (Å²) in [5, 5.41) is 11.2. The predicted molar refractivity (Wildman–Crippen MR) is 71.0 cm³/mol. The smallest absolute Gasteiger partial charge is 0.416 e. The quantitative estimate of drug-likeness (QED) is 0.872. The molecule has 0 heterocycles. The summed E-state index contributed by atoms with van der Waals surface area (Å²) in [4.78, 5) is 11.2. The number of ether oxygens (including phenoxy) is 1. The second kappa shape index (κ2) is 6.09. The summed E-state index contributed by atoms with van der Waals surface area (Å²) in [6.07, 6.45) is -6.01. The van der Waals surface area contributed by atoms with Crippen molar-refractivity contribution in [3.63, 3.8) is 0 Å². The summed E-state index contributed by atoms with van der Waals surface area (Å²) in [7, 11) is 0. The number of aryl methyl sites for hydroxylation is 1. The molecule has 6 heteroatoms. The fraction of sp³-hybridized carbons (Fsp3) is 0.188. The van der Waals surface area contributed by atoms with Crippen LogP contribution in [-0.4, -0.2) is 5.97 Å². The van der Waals surface area contributed by atoms with Crippen molar-refractivity contribution in [2.75, 3.05) is 0 Å². The molecule has 0 amide bonds. The Morgan fingerprint density at radius 1 is 1.14 bits per heavy atom. The minimum Gasteiger partial charge on any atom is -0.546 e. The molecule has 0 unspecified atom stereocenters. The molecule has 0 saturated heterocycles. The van der Waals surface area contributed by atoms with Crippen LogP contribution < -0.4 is 9.84 Å². The number of carbonyl (C=O) groups is 1. The van der Waals surface area contributed by atoms with Crippen molar-refractivity contribution < 1.29 is 27.8 Å². The fourth-order valence-electron chi connectivity index (χ4n) is 1.88. The Morgan fingerprint density at radius 3 is 2.32 bits per heavy atom. The summed E-state index contributed by atoms with van der Waals surface area (Å²) < 4.78 is 43.1. The highest BCUT2D eigenvalue weighted by molar-refractivity contribution is 5.72. The van der Waals surface area contributed by atoms with E-state index in [1.165, 1.54) is 18.2 Å². The lowest BCUT2D eigenvalue weighted by Gasteiger charge is -2.21. The van der Waals surface area contributed by atoms with Crippen LogP contribution in [0.4, 0.5) is 13.2 Å². The van der Waals surface area contributed by atoms with E-state index in [4.69, 9.17) is 4.74 Å². The third kappa shape index (κ3) is 3.78. The average Bonchev–Trinajstić information content (AvgIpc) is 2.45. The summed E-state index contributed by atoms with van der Waals surface area (Å²) in [5.41, 5.74) is 0.300. The molecule has 0 saturated carbocycles. The van der Waals surface area contributed by atoms with Crippen molar-refractivity contribution >= 4 is 5.97 Å². The van der Waals surface area contributed by atoms with Gasteiger partial charge in [-0.2, -0.15) is 13.2 Å². The van der Waals surface area contributed by atoms with E-state index in [-0.39, 0.29) is 5.75 Å². The Labute approximate surface area is 125 Å². The third-order valence-electron chi connectivity index (χ3n) is 3.01. The predicted octanol–water partition coefficient (Wildman–Crippen LogP) is 2.88. The molecule has 0 spiro atoms. The zero-order chi connectivity index (χ0) is 16.3. The number of carboxylic acid groups (broad SMARTS) is 1. The number of carboxylic acids is 1. The molecule has 0 aromatic heterocycles. The van der Waals surface area contributed by atoms with Gasteiger partial charge in [0.25, 0.3) is 0 Å². The Kier molecular flexibility index (Phi) is 4.40. The summed E-state index contributed by atoms with van der Waals surface area (Å²) >= 11 is 0. The van der Waals surface area contributed by atoms with Crippen molar-refractivity contribution in [2.24, 2.45) is 0 Å². The first-order valence-electron chi connectivity index (χ1n) is 6.39. The number of hydrogen-bond acceptors (Lipinski definition) is 3. The van der Waals surface area contributed by atoms with Crippen LogP contribution in [0.5, 0.6) is 5.75 Å². The number of hydrogen-bond donors (Lipinski definition) is 0. The number of halogens is 3. The summed E-state index contributed by atoms with van der Waals surface area (Å²) in [6, 6.07) is 10.5. The van der Waals surface area contributed by atoms with Crippen molar-refractivity contribution in [3.8, 4) is 5.75 Å². The molecule has 0 aliphatic carbocycles. The maximum absolute atomic E-state index is 12.6. The number of benzene rings is 2. The van der Waals surface area contributed by atoms with Crippen LogP contribution in [0.1, 0.15) is 22.8 Å². The van der Waals surface area contributed by atoms with Gasteiger partial charge < -0.3 is 14.6 Å². The zero-order valence-electron chi connectivity index (χ0n) is 11.6. The molecule has 0 N–H and O–H groups in total. The zero-order valence-corrected chi connectivity index (χ0v) is 11.6. The van der Waals surface area contributed by atoms with Crippen LogP contribution in [0.25, 0.3) is 0 Å². The largest absolute Gasteiger partial charge is 0.546 e. The maximum Gasteiger partial charge on any atom is 0.416 e. The van der Waals surface area contributed by atoms with Gasteiger partial charge in [-0.15, -0.1) is 0 Å². The molecule has 0 fully saturated rings. The van der Waals surface area contributed by atoms with Gasteiger partial charge in [0.15, 0.2) is 6.10 Å². The van der Waals surface area contributed by atoms with Gasteiger partial charge in [-0.25, -0.2) is 0 Å². The van der Waals surface area contributed by atoms with E-state index in [9.17, 15) is 23.1 Å². The fourth-order valence-corrected chi connectivity index (χ4v) is 1.88. The van der Waals surface area contributed by atoms with E-state index in [1.54, 1.807) is 12.1 Å². The highest BCUT2D eigenvalue weighted by Gasteiger charge is 2.30. The monoisotopic (exact) mass is 309 g/mol. The lowest BCUT2D eigenvalue weighted by molar-refractivity contribution is -0.314. The van der Waals surface area contributed by atoms with Crippen molar-refractivity contribution in [3.05, 3.63) is 65.2 Å². The molecule has 1 atom stereocenters. The van der Waals surface area contributed by atoms with Gasteiger partial charge >= 0.3 is 6.18 Å². The number of carbonyl (C=O) groups excluding carboxylic acids is 1. The molecule has 2 rings (SSSR count). The molecule has 0 aliphatic heterocycles. The Hall–Kier alpha value is -2.50. The van der Waals surface area contributed by atoms with Crippen LogP contribution in [0, 0.1) is 6.92 Å². The van der Waals surface area contributed by atoms with Crippen LogP contribution in [0.3, 0.4) is 0 Å². The second-order valence-electron chi connectivity index (χ2n) is 4.75. The summed E-state index contributed by atoms with van der Waals surface area (Å²) in [5.74, 6) is -1.72. The van der Waals surface area contributed by atoms with Gasteiger partial charge in [0.05, 0.1) is 11.5 Å². The molecular weight excluding hydrogens is 297 g/mol. The highest BCUT2D eigenvalue weighted by Crippen LogP contribution is 2.32. The molecule has 0 radical (unpaired) electrons. The molecule has 0 aliphatic rings. The highest BCUT2D eigenvalue weighted by atomic mass is 19.4. The van der Waals surface area contributed by atoms with Crippen molar-refractivity contribution in [1.82, 2.24) is 0 Å². The number of alkyl halides is 3. The molecule has 22 heavy (non-hydrogen) atoms. The molecule has 3 nitrogen and oxygen atoms in total. The van der Waals surface area contributed by atoms with Crippen LogP contribution >= 0.6 is 0 Å². The average molecular weight is 309 g/mol. The van der Waals surface area contributed by atoms with Gasteiger partial charge in [-0.1, -0.05) is 35.9 Å². The number of aliphatic carboxylic acids is 1. The first kappa shape index (κ1) is 15.9. The van der Waals surface area contributed by atoms with Crippen LogP contribution in [-0.2, 0) is 11.0 Å². The van der Waals surface area contributed by atoms with E-state index in [1.807, 2.05) is 6.92 Å². The Balaban J connectivity index is 2.29. The normalized spacial score (nSPS) is 12.7. The van der Waals surface area contributed by atoms with Gasteiger partial charge in [-0.3, -0.25) is 0 Å². The van der Waals surface area contributed by atoms with E-state index >= 15 is 0 Å². The van der Waals surface area contributed by atoms with Gasteiger partial charge in [0.2, 0.25) is 0 Å². The van der Waals surface area contributed by atoms with Gasteiger partial charge in [0, 0.05) is 0 Å². The first-order chi connectivity index (χ1) is 10.3. The molecule has 116 valence electrons. The van der Waals surface area contributed by atoms with E-state index in [0.717, 1.165) is 23.8 Å². The molecular formula is C16H12F3O3-. The summed E-state index contributed by atoms with van der Waals surface area (Å²) in [6.45, 7) is 1.82. The van der Waals surface area contributed by atoms with Crippen LogP contribution in [0.15, 0.2) is 48.5 Å². The molecule has 0 bridgehead atoms. The van der Waals surface area contributed by atoms with E-state index < -0.39 is 23.8 Å². The SMILES string of the molecule is Cc1ccc([C@H](Oc2cccc(C(F)(F)F)c2)C(=O)[O-])cc1. The minimum absolute atomic E-state index is 0.190. The van der Waals surface area contributed by atoms with Gasteiger partial charge in [0.1, 0.15) is 5.75 Å². The topological polar surface area (TPSA) is 49.4 Å². The lowest BCUT2D eigenvalue weighted by Crippen LogP contribution is -2.33. The maximum atomic E-state index is 12.6. The second-order valence-corrected chi connectivity index (χ2v) is 4.75. The lowest BCUT2D eigenvalue weighted by atomic mass is 10.1. The third-order valence-corrected chi connectivity index (χ3v) is 3.01. The Bertz CT molecular complexity index is 663. The van der Waals surface area contributed by atoms with Crippen LogP contribution in [0.2, 0.25) is 0 Å². The first-order valence-corrected chi connectivity index (χ1v) is 6.39.